The third-order valence-electron chi connectivity index (χ3n) is 6.33. The number of likely N-dealkylation sites (tertiary alicyclic amines) is 1. The molecule has 2 nitrogen and oxygen atoms in total. The molecule has 2 heterocycles. The number of nitrogens with one attached hydrogen (secondary N) is 1. The van der Waals surface area contributed by atoms with E-state index in [1.807, 2.05) is 0 Å². The van der Waals surface area contributed by atoms with Crippen molar-refractivity contribution in [3.05, 3.63) is 47.8 Å². The Bertz CT molecular complexity index is 699. The zero-order valence-corrected chi connectivity index (χ0v) is 13.9. The summed E-state index contributed by atoms with van der Waals surface area (Å²) in [5, 5.41) is 0. The second-order valence-electron chi connectivity index (χ2n) is 7.78. The third-order valence-corrected chi connectivity index (χ3v) is 6.33. The van der Waals surface area contributed by atoms with E-state index < -0.39 is 0 Å². The van der Waals surface area contributed by atoms with Crippen LogP contribution in [0.1, 0.15) is 48.9 Å². The minimum atomic E-state index is 0.565. The first-order valence-electron chi connectivity index (χ1n) is 9.35. The van der Waals surface area contributed by atoms with Crippen molar-refractivity contribution in [3.8, 4) is 0 Å². The molecule has 120 valence electrons. The number of allylic oxidation sites excluding steroid dienone is 4. The highest BCUT2D eigenvalue weighted by Gasteiger charge is 2.36. The van der Waals surface area contributed by atoms with Gasteiger partial charge in [0.1, 0.15) is 0 Å². The Hall–Kier alpha value is -1.54. The van der Waals surface area contributed by atoms with E-state index >= 15 is 0 Å². The van der Waals surface area contributed by atoms with Gasteiger partial charge in [-0.1, -0.05) is 31.2 Å². The summed E-state index contributed by atoms with van der Waals surface area (Å²) in [7, 11) is 0. The minimum Gasteiger partial charge on any atom is -0.360 e. The number of aromatic nitrogens is 1. The number of H-pyrrole nitrogens is 1. The molecule has 2 heteroatoms. The Labute approximate surface area is 139 Å². The number of piperidine rings is 1. The molecule has 1 aromatic heterocycles. The van der Waals surface area contributed by atoms with Crippen molar-refractivity contribution in [1.82, 2.24) is 9.88 Å². The molecule has 1 saturated carbocycles. The van der Waals surface area contributed by atoms with Crippen LogP contribution in [0.15, 0.2) is 31.0 Å². The van der Waals surface area contributed by atoms with Crippen LogP contribution in [0, 0.1) is 11.8 Å². The molecule has 1 aromatic rings. The van der Waals surface area contributed by atoms with Gasteiger partial charge in [-0.15, -0.1) is 0 Å². The molecule has 0 bridgehead atoms. The van der Waals surface area contributed by atoms with Crippen molar-refractivity contribution in [3.63, 3.8) is 0 Å². The smallest absolute Gasteiger partial charge is 0.0489 e. The van der Waals surface area contributed by atoms with Crippen molar-refractivity contribution < 1.29 is 0 Å². The Morgan fingerprint density at radius 3 is 2.83 bits per heavy atom. The summed E-state index contributed by atoms with van der Waals surface area (Å²) in [6.45, 7) is 7.01. The molecule has 0 spiro atoms. The highest BCUT2D eigenvalue weighted by molar-refractivity contribution is 5.82. The van der Waals surface area contributed by atoms with E-state index in [-0.39, 0.29) is 0 Å². The van der Waals surface area contributed by atoms with Gasteiger partial charge in [-0.05, 0) is 79.3 Å². The zero-order valence-electron chi connectivity index (χ0n) is 13.9. The van der Waals surface area contributed by atoms with Crippen molar-refractivity contribution in [2.75, 3.05) is 13.1 Å². The second-order valence-corrected chi connectivity index (χ2v) is 7.78. The molecule has 3 unspecified atom stereocenters. The molecule has 0 amide bonds. The molecule has 5 rings (SSSR count). The first-order chi connectivity index (χ1) is 11.3. The molecule has 2 fully saturated rings. The van der Waals surface area contributed by atoms with Gasteiger partial charge in [-0.25, -0.2) is 0 Å². The summed E-state index contributed by atoms with van der Waals surface area (Å²) in [6.07, 6.45) is 17.3. The van der Waals surface area contributed by atoms with Crippen LogP contribution in [0.25, 0.3) is 11.1 Å². The van der Waals surface area contributed by atoms with Crippen molar-refractivity contribution >= 4 is 11.1 Å². The lowest BCUT2D eigenvalue weighted by molar-refractivity contribution is 0.187. The van der Waals surface area contributed by atoms with E-state index in [4.69, 9.17) is 0 Å². The lowest BCUT2D eigenvalue weighted by Crippen LogP contribution is -2.41. The maximum Gasteiger partial charge on any atom is 0.0489 e. The zero-order chi connectivity index (χ0) is 15.4. The van der Waals surface area contributed by atoms with Crippen LogP contribution >= 0.6 is 0 Å². The summed E-state index contributed by atoms with van der Waals surface area (Å²) in [5.41, 5.74) is 7.03. The first kappa shape index (κ1) is 13.9. The van der Waals surface area contributed by atoms with Crippen LogP contribution < -0.4 is 0 Å². The van der Waals surface area contributed by atoms with E-state index in [0.29, 0.717) is 6.04 Å². The normalized spacial score (nSPS) is 33.1. The largest absolute Gasteiger partial charge is 0.360 e. The van der Waals surface area contributed by atoms with Crippen molar-refractivity contribution in [1.29, 1.82) is 0 Å². The molecule has 23 heavy (non-hydrogen) atoms. The van der Waals surface area contributed by atoms with Crippen LogP contribution in [-0.4, -0.2) is 29.0 Å². The molecule has 4 aliphatic rings. The standard InChI is InChI=1S/C21H26N2/c1-14-19-13-22-21(16-6-5-15-11-17(15)12-16)18(19)7-8-20(14)23-9-3-2-4-10-23/h5-6,12-13,15,17,20,22H,1-4,7-11H2. The van der Waals surface area contributed by atoms with E-state index in [9.17, 15) is 0 Å². The first-order valence-corrected chi connectivity index (χ1v) is 9.35. The molecular formula is C21H26N2. The molecule has 0 aromatic carbocycles. The van der Waals surface area contributed by atoms with Gasteiger partial charge in [0.15, 0.2) is 0 Å². The van der Waals surface area contributed by atoms with Crippen LogP contribution in [0.2, 0.25) is 0 Å². The number of nitrogens with zero attached hydrogens (tertiary/aromatic N) is 1. The Balaban J connectivity index is 1.43. The van der Waals surface area contributed by atoms with Gasteiger partial charge in [-0.3, -0.25) is 4.90 Å². The number of hydrogen-bond acceptors (Lipinski definition) is 1. The van der Waals surface area contributed by atoms with Gasteiger partial charge in [0.2, 0.25) is 0 Å². The van der Waals surface area contributed by atoms with E-state index in [1.165, 1.54) is 79.6 Å². The Morgan fingerprint density at radius 2 is 2.00 bits per heavy atom. The van der Waals surface area contributed by atoms with Gasteiger partial charge in [-0.2, -0.15) is 0 Å². The molecule has 1 N–H and O–H groups in total. The monoisotopic (exact) mass is 306 g/mol. The fourth-order valence-electron chi connectivity index (χ4n) is 4.85. The van der Waals surface area contributed by atoms with E-state index in [2.05, 4.69) is 40.9 Å². The van der Waals surface area contributed by atoms with Crippen LogP contribution in [-0.2, 0) is 6.42 Å². The number of aromatic amines is 1. The fraction of sp³-hybridized carbons (Fsp3) is 0.524. The lowest BCUT2D eigenvalue weighted by atomic mass is 9.83. The molecular weight excluding hydrogens is 280 g/mol. The Kier molecular flexibility index (Phi) is 3.16. The predicted octanol–water partition coefficient (Wildman–Crippen LogP) is 4.42. The summed E-state index contributed by atoms with van der Waals surface area (Å²) >= 11 is 0. The van der Waals surface area contributed by atoms with Crippen LogP contribution in [0.3, 0.4) is 0 Å². The van der Waals surface area contributed by atoms with Crippen LogP contribution in [0.4, 0.5) is 0 Å². The second kappa shape index (κ2) is 5.24. The maximum atomic E-state index is 4.49. The maximum absolute atomic E-state index is 4.49. The highest BCUT2D eigenvalue weighted by Crippen LogP contribution is 2.47. The number of hydrogen-bond donors (Lipinski definition) is 1. The molecule has 3 atom stereocenters. The molecule has 1 aliphatic heterocycles. The quantitative estimate of drug-likeness (QED) is 0.857. The van der Waals surface area contributed by atoms with Gasteiger partial charge in [0.05, 0.1) is 0 Å². The minimum absolute atomic E-state index is 0.565. The molecule has 1 saturated heterocycles. The number of fused-ring (bicyclic) bond motifs is 2. The van der Waals surface area contributed by atoms with Gasteiger partial charge in [0.25, 0.3) is 0 Å². The average molecular weight is 306 g/mol. The average Bonchev–Trinajstić information content (AvgIpc) is 3.24. The third kappa shape index (κ3) is 2.27. The number of rotatable bonds is 2. The topological polar surface area (TPSA) is 19.0 Å². The van der Waals surface area contributed by atoms with E-state index in [1.54, 1.807) is 0 Å². The van der Waals surface area contributed by atoms with Gasteiger partial charge >= 0.3 is 0 Å². The van der Waals surface area contributed by atoms with Crippen LogP contribution in [0.5, 0.6) is 0 Å². The summed E-state index contributed by atoms with van der Waals surface area (Å²) in [5.74, 6) is 1.64. The van der Waals surface area contributed by atoms with Gasteiger partial charge < -0.3 is 4.98 Å². The highest BCUT2D eigenvalue weighted by atomic mass is 15.2. The van der Waals surface area contributed by atoms with Crippen molar-refractivity contribution in [2.24, 2.45) is 11.8 Å². The molecule has 0 radical (unpaired) electrons. The summed E-state index contributed by atoms with van der Waals surface area (Å²) in [4.78, 5) is 6.26. The Morgan fingerprint density at radius 1 is 1.13 bits per heavy atom. The fourth-order valence-corrected chi connectivity index (χ4v) is 4.85. The molecule has 3 aliphatic carbocycles. The van der Waals surface area contributed by atoms with E-state index in [0.717, 1.165) is 11.8 Å². The predicted molar refractivity (Wildman–Crippen MR) is 96.1 cm³/mol. The van der Waals surface area contributed by atoms with Crippen molar-refractivity contribution in [2.45, 2.75) is 44.6 Å². The van der Waals surface area contributed by atoms with Gasteiger partial charge in [0, 0.05) is 17.9 Å². The SMILES string of the molecule is C=C1c2c[nH]c(C3=CC4CC4C=C3)c2CCC1N1CCCCC1. The summed E-state index contributed by atoms with van der Waals surface area (Å²) in [6, 6.07) is 0.565. The summed E-state index contributed by atoms with van der Waals surface area (Å²) < 4.78 is 0. The lowest BCUT2D eigenvalue weighted by Gasteiger charge is -2.38.